The van der Waals surface area contributed by atoms with E-state index in [2.05, 4.69) is 0 Å². The van der Waals surface area contributed by atoms with Gasteiger partial charge in [0.1, 0.15) is 5.75 Å². The topological polar surface area (TPSA) is 38.7 Å². The van der Waals surface area contributed by atoms with Crippen molar-refractivity contribution in [2.24, 2.45) is 0 Å². The quantitative estimate of drug-likeness (QED) is 0.781. The molecule has 1 heterocycles. The smallest absolute Gasteiger partial charge is 0.164 e. The molecule has 14 heavy (non-hydrogen) atoms. The van der Waals surface area contributed by atoms with Gasteiger partial charge in [-0.1, -0.05) is 12.1 Å². The van der Waals surface area contributed by atoms with Gasteiger partial charge in [-0.15, -0.1) is 0 Å². The molecular formula is C11H14O3. The van der Waals surface area contributed by atoms with Crippen molar-refractivity contribution in [1.29, 1.82) is 0 Å². The molecule has 0 spiro atoms. The lowest BCUT2D eigenvalue weighted by Gasteiger charge is -2.16. The van der Waals surface area contributed by atoms with Crippen LogP contribution in [-0.2, 0) is 9.47 Å². The molecule has 0 unspecified atom stereocenters. The maximum Gasteiger partial charge on any atom is 0.164 e. The van der Waals surface area contributed by atoms with Crippen molar-refractivity contribution >= 4 is 0 Å². The third-order valence-electron chi connectivity index (χ3n) is 2.59. The summed E-state index contributed by atoms with van der Waals surface area (Å²) in [5.74, 6) is 0.585. The summed E-state index contributed by atoms with van der Waals surface area (Å²) in [6.45, 7) is 0.740. The molecule has 1 aliphatic heterocycles. The summed E-state index contributed by atoms with van der Waals surface area (Å²) >= 11 is 0. The van der Waals surface area contributed by atoms with Gasteiger partial charge in [-0.2, -0.15) is 0 Å². The lowest BCUT2D eigenvalue weighted by Crippen LogP contribution is -2.16. The van der Waals surface area contributed by atoms with Gasteiger partial charge < -0.3 is 14.6 Å². The van der Waals surface area contributed by atoms with Crippen molar-refractivity contribution in [3.8, 4) is 5.75 Å². The number of rotatable bonds is 2. The van der Waals surface area contributed by atoms with Crippen molar-refractivity contribution in [1.82, 2.24) is 0 Å². The molecular weight excluding hydrogens is 180 g/mol. The van der Waals surface area contributed by atoms with E-state index in [-0.39, 0.29) is 6.29 Å². The predicted molar refractivity (Wildman–Crippen MR) is 52.2 cm³/mol. The second-order valence-electron chi connectivity index (χ2n) is 3.46. The Balaban J connectivity index is 2.17. The predicted octanol–water partition coefficient (Wildman–Crippen LogP) is 1.87. The Labute approximate surface area is 83.3 Å². The molecule has 0 aromatic heterocycles. The Morgan fingerprint density at radius 1 is 1.36 bits per heavy atom. The van der Waals surface area contributed by atoms with Crippen molar-refractivity contribution in [2.45, 2.75) is 18.6 Å². The van der Waals surface area contributed by atoms with Crippen LogP contribution in [0.25, 0.3) is 0 Å². The zero-order valence-corrected chi connectivity index (χ0v) is 8.14. The summed E-state index contributed by atoms with van der Waals surface area (Å²) in [5.41, 5.74) is 1.16. The number of phenolic OH excluding ortho intramolecular Hbond substituents is 1. The summed E-state index contributed by atoms with van der Waals surface area (Å²) in [5, 5.41) is 9.16. The van der Waals surface area contributed by atoms with E-state index in [4.69, 9.17) is 14.6 Å². The highest BCUT2D eigenvalue weighted by Gasteiger charge is 2.29. The molecule has 1 saturated heterocycles. The number of phenols is 1. The molecule has 0 amide bonds. The first-order valence-electron chi connectivity index (χ1n) is 4.74. The van der Waals surface area contributed by atoms with Crippen LogP contribution < -0.4 is 0 Å². The molecule has 0 radical (unpaired) electrons. The molecule has 1 aliphatic rings. The van der Waals surface area contributed by atoms with Gasteiger partial charge in [0.2, 0.25) is 0 Å². The zero-order valence-electron chi connectivity index (χ0n) is 8.14. The lowest BCUT2D eigenvalue weighted by molar-refractivity contribution is -0.0963. The van der Waals surface area contributed by atoms with E-state index in [0.717, 1.165) is 18.6 Å². The van der Waals surface area contributed by atoms with Gasteiger partial charge in [0.15, 0.2) is 6.29 Å². The van der Waals surface area contributed by atoms with Gasteiger partial charge in [-0.3, -0.25) is 0 Å². The van der Waals surface area contributed by atoms with Crippen molar-refractivity contribution in [3.63, 3.8) is 0 Å². The Morgan fingerprint density at radius 2 is 2.07 bits per heavy atom. The highest BCUT2D eigenvalue weighted by atomic mass is 16.7. The average Bonchev–Trinajstić information content (AvgIpc) is 2.67. The van der Waals surface area contributed by atoms with Crippen LogP contribution in [0.1, 0.15) is 17.9 Å². The first-order chi connectivity index (χ1) is 6.81. The molecule has 2 atom stereocenters. The Morgan fingerprint density at radius 3 is 2.71 bits per heavy atom. The van der Waals surface area contributed by atoms with Crippen molar-refractivity contribution < 1.29 is 14.6 Å². The fourth-order valence-electron chi connectivity index (χ4n) is 1.84. The molecule has 1 N–H and O–H groups in total. The third kappa shape index (κ3) is 1.74. The molecule has 2 rings (SSSR count). The Hall–Kier alpha value is -1.06. The fourth-order valence-corrected chi connectivity index (χ4v) is 1.84. The number of hydrogen-bond acceptors (Lipinski definition) is 3. The molecule has 76 valence electrons. The minimum absolute atomic E-state index is 0.139. The standard InChI is InChI=1S/C11H14O3/c1-13-11-10(6-7-14-11)8-2-4-9(12)5-3-8/h2-5,10-12H,6-7H2,1H3/t10-,11-/m0/s1. The molecule has 3 heteroatoms. The average molecular weight is 194 g/mol. The molecule has 0 aliphatic carbocycles. The summed E-state index contributed by atoms with van der Waals surface area (Å²) in [6.07, 6.45) is 0.836. The van der Waals surface area contributed by atoms with Crippen LogP contribution in [-0.4, -0.2) is 25.1 Å². The van der Waals surface area contributed by atoms with Crippen LogP contribution in [0.4, 0.5) is 0 Å². The zero-order chi connectivity index (χ0) is 9.97. The molecule has 1 aromatic rings. The van der Waals surface area contributed by atoms with Crippen LogP contribution in [0, 0.1) is 0 Å². The van der Waals surface area contributed by atoms with Gasteiger partial charge in [0, 0.05) is 13.0 Å². The monoisotopic (exact) mass is 194 g/mol. The Kier molecular flexibility index (Phi) is 2.70. The van der Waals surface area contributed by atoms with E-state index in [1.54, 1.807) is 19.2 Å². The van der Waals surface area contributed by atoms with Gasteiger partial charge in [0.05, 0.1) is 6.61 Å². The van der Waals surface area contributed by atoms with Crippen LogP contribution in [0.2, 0.25) is 0 Å². The molecule has 1 aromatic carbocycles. The van der Waals surface area contributed by atoms with Crippen LogP contribution in [0.15, 0.2) is 24.3 Å². The van der Waals surface area contributed by atoms with E-state index >= 15 is 0 Å². The maximum atomic E-state index is 9.16. The van der Waals surface area contributed by atoms with Gasteiger partial charge >= 0.3 is 0 Å². The Bertz CT molecular complexity index is 294. The van der Waals surface area contributed by atoms with Gasteiger partial charge in [-0.25, -0.2) is 0 Å². The van der Waals surface area contributed by atoms with Crippen molar-refractivity contribution in [2.75, 3.05) is 13.7 Å². The van der Waals surface area contributed by atoms with E-state index in [0.29, 0.717) is 11.7 Å². The molecule has 1 fully saturated rings. The largest absolute Gasteiger partial charge is 0.508 e. The SMILES string of the molecule is CO[C@H]1OCC[C@H]1c1ccc(O)cc1. The highest BCUT2D eigenvalue weighted by Crippen LogP contribution is 2.32. The van der Waals surface area contributed by atoms with Crippen LogP contribution in [0.3, 0.4) is 0 Å². The normalized spacial score (nSPS) is 26.6. The second-order valence-corrected chi connectivity index (χ2v) is 3.46. The van der Waals surface area contributed by atoms with E-state index < -0.39 is 0 Å². The number of hydrogen-bond donors (Lipinski definition) is 1. The second kappa shape index (κ2) is 3.98. The highest BCUT2D eigenvalue weighted by molar-refractivity contribution is 5.29. The van der Waals surface area contributed by atoms with Crippen LogP contribution in [0.5, 0.6) is 5.75 Å². The summed E-state index contributed by atoms with van der Waals surface area (Å²) in [4.78, 5) is 0. The number of methoxy groups -OCH3 is 1. The van der Waals surface area contributed by atoms with E-state index in [1.165, 1.54) is 0 Å². The summed E-state index contributed by atoms with van der Waals surface area (Å²) in [6, 6.07) is 7.22. The van der Waals surface area contributed by atoms with E-state index in [1.807, 2.05) is 12.1 Å². The minimum atomic E-state index is -0.139. The molecule has 0 bridgehead atoms. The minimum Gasteiger partial charge on any atom is -0.508 e. The van der Waals surface area contributed by atoms with E-state index in [9.17, 15) is 0 Å². The summed E-state index contributed by atoms with van der Waals surface area (Å²) in [7, 11) is 1.66. The van der Waals surface area contributed by atoms with Gasteiger partial charge in [0.25, 0.3) is 0 Å². The fraction of sp³-hybridized carbons (Fsp3) is 0.455. The summed E-state index contributed by atoms with van der Waals surface area (Å²) < 4.78 is 10.6. The number of aromatic hydroxyl groups is 1. The van der Waals surface area contributed by atoms with Crippen LogP contribution >= 0.6 is 0 Å². The number of benzene rings is 1. The number of ether oxygens (including phenoxy) is 2. The van der Waals surface area contributed by atoms with Gasteiger partial charge in [-0.05, 0) is 24.1 Å². The lowest BCUT2D eigenvalue weighted by atomic mass is 9.97. The molecule has 3 nitrogen and oxygen atoms in total. The first kappa shape index (κ1) is 9.49. The van der Waals surface area contributed by atoms with Crippen molar-refractivity contribution in [3.05, 3.63) is 29.8 Å². The molecule has 0 saturated carbocycles. The third-order valence-corrected chi connectivity index (χ3v) is 2.59. The first-order valence-corrected chi connectivity index (χ1v) is 4.74. The maximum absolute atomic E-state index is 9.16.